The van der Waals surface area contributed by atoms with Crippen LogP contribution in [0.1, 0.15) is 43.2 Å². The van der Waals surface area contributed by atoms with E-state index in [-0.39, 0.29) is 10.7 Å². The Labute approximate surface area is 197 Å². The third-order valence-electron chi connectivity index (χ3n) is 7.42. The zero-order valence-corrected chi connectivity index (χ0v) is 20.7. The quantitative estimate of drug-likeness (QED) is 0.462. The minimum absolute atomic E-state index is 0.0211. The van der Waals surface area contributed by atoms with E-state index >= 15 is 0 Å². The van der Waals surface area contributed by atoms with E-state index in [2.05, 4.69) is 46.7 Å². The number of fused-ring (bicyclic) bond motifs is 3. The second kappa shape index (κ2) is 10.0. The molecule has 2 aliphatic carbocycles. The fraction of sp³-hybridized carbons (Fsp3) is 0.636. The molecule has 0 spiro atoms. The number of hydrogen-bond donors (Lipinski definition) is 0. The average Bonchev–Trinajstić information content (AvgIpc) is 2.72. The molecule has 2 atom stereocenters. The lowest BCUT2D eigenvalue weighted by Crippen LogP contribution is -2.54. The summed E-state index contributed by atoms with van der Waals surface area (Å²) in [7, 11) is 11.4. The molecule has 32 heavy (non-hydrogen) atoms. The van der Waals surface area contributed by atoms with E-state index in [0.717, 1.165) is 25.9 Å². The summed E-state index contributed by atoms with van der Waals surface area (Å²) in [6, 6.07) is 5.93. The lowest BCUT2D eigenvalue weighted by Gasteiger charge is -2.48. The van der Waals surface area contributed by atoms with Crippen LogP contribution in [-0.4, -0.2) is 88.0 Å². The highest BCUT2D eigenvalue weighted by molar-refractivity contribution is 6.59. The van der Waals surface area contributed by atoms with Gasteiger partial charge in [-0.25, -0.2) is 8.78 Å². The maximum atomic E-state index is 13.5. The summed E-state index contributed by atoms with van der Waals surface area (Å²) < 4.78 is 38.1. The SMILES string of the molecule is BC(B)(Oc1ccc2c(c1)[C@]1(CCN(CCOC)C(B)(B)B)CCCC[C@@H]1C=C2)C(F)F. The van der Waals surface area contributed by atoms with Crippen LogP contribution in [0.5, 0.6) is 5.75 Å². The molecule has 0 aromatic heterocycles. The summed E-state index contributed by atoms with van der Waals surface area (Å²) in [5.74, 6) is 1.02. The molecular formula is C22H36B5F2NO2. The van der Waals surface area contributed by atoms with Crippen LogP contribution in [0.25, 0.3) is 6.08 Å². The lowest BCUT2D eigenvalue weighted by molar-refractivity contribution is 0.0311. The molecule has 10 heteroatoms. The number of allylic oxidation sites excluding steroid dienone is 1. The van der Waals surface area contributed by atoms with Crippen molar-refractivity contribution >= 4 is 45.3 Å². The largest absolute Gasteiger partial charge is 0.500 e. The number of nitrogens with zero attached hydrogens (tertiary/aromatic N) is 1. The Morgan fingerprint density at radius 2 is 1.91 bits per heavy atom. The summed E-state index contributed by atoms with van der Waals surface area (Å²) in [5, 5.41) is -1.46. The van der Waals surface area contributed by atoms with Crippen molar-refractivity contribution in [3.05, 3.63) is 35.4 Å². The van der Waals surface area contributed by atoms with Crippen molar-refractivity contribution < 1.29 is 18.3 Å². The van der Waals surface area contributed by atoms with Gasteiger partial charge in [0, 0.05) is 19.1 Å². The van der Waals surface area contributed by atoms with E-state index in [1.54, 1.807) is 7.11 Å². The number of rotatable bonds is 10. The van der Waals surface area contributed by atoms with E-state index in [4.69, 9.17) is 9.47 Å². The van der Waals surface area contributed by atoms with Crippen LogP contribution in [-0.2, 0) is 10.2 Å². The van der Waals surface area contributed by atoms with Crippen LogP contribution in [0.4, 0.5) is 8.78 Å². The Balaban J connectivity index is 1.94. The van der Waals surface area contributed by atoms with Gasteiger partial charge in [-0.3, -0.25) is 0 Å². The maximum Gasteiger partial charge on any atom is 0.261 e. The molecule has 1 fully saturated rings. The highest BCUT2D eigenvalue weighted by Gasteiger charge is 2.44. The van der Waals surface area contributed by atoms with Crippen LogP contribution in [0.15, 0.2) is 24.3 Å². The minimum atomic E-state index is -2.55. The van der Waals surface area contributed by atoms with Gasteiger partial charge in [0.1, 0.15) is 29.3 Å². The standard InChI is InChI=1S/C22H36B5F2NO2/c1-31-13-12-30(22(25,26)27)11-10-20-9-3-2-4-16(20)7-5-15-6-8-17(14-18(15)20)32-21(23,24)19(28)29/h5-8,14,16,19H,2-4,9-13,23-27H2,1H3/t16-,20+/m1/s1. The van der Waals surface area contributed by atoms with Gasteiger partial charge in [0.15, 0.2) is 15.7 Å². The number of halogens is 2. The third kappa shape index (κ3) is 5.49. The maximum absolute atomic E-state index is 13.5. The van der Waals surface area contributed by atoms with Gasteiger partial charge in [-0.05, 0) is 55.0 Å². The van der Waals surface area contributed by atoms with Gasteiger partial charge >= 0.3 is 0 Å². The molecule has 0 saturated heterocycles. The summed E-state index contributed by atoms with van der Waals surface area (Å²) >= 11 is 0. The molecule has 0 radical (unpaired) electrons. The van der Waals surface area contributed by atoms with Gasteiger partial charge < -0.3 is 14.4 Å². The second-order valence-corrected chi connectivity index (χ2v) is 11.0. The van der Waals surface area contributed by atoms with Crippen LogP contribution in [0, 0.1) is 5.92 Å². The predicted molar refractivity (Wildman–Crippen MR) is 142 cm³/mol. The van der Waals surface area contributed by atoms with E-state index in [0.29, 0.717) is 18.3 Å². The smallest absolute Gasteiger partial charge is 0.261 e. The minimum Gasteiger partial charge on any atom is -0.500 e. The van der Waals surface area contributed by atoms with E-state index < -0.39 is 11.8 Å². The molecular weight excluding hydrogens is 402 g/mol. The summed E-state index contributed by atoms with van der Waals surface area (Å²) in [4.78, 5) is 2.51. The zero-order valence-electron chi connectivity index (χ0n) is 20.7. The fourth-order valence-electron chi connectivity index (χ4n) is 5.39. The summed E-state index contributed by atoms with van der Waals surface area (Å²) in [6.45, 7) is 2.59. The highest BCUT2D eigenvalue weighted by Crippen LogP contribution is 2.51. The van der Waals surface area contributed by atoms with Crippen molar-refractivity contribution in [2.24, 2.45) is 5.92 Å². The van der Waals surface area contributed by atoms with Crippen molar-refractivity contribution in [1.82, 2.24) is 4.90 Å². The Hall–Kier alpha value is -1.14. The van der Waals surface area contributed by atoms with Crippen LogP contribution in [0.2, 0.25) is 0 Å². The van der Waals surface area contributed by atoms with Gasteiger partial charge in [-0.2, -0.15) is 0 Å². The Bertz CT molecular complexity index is 818. The van der Waals surface area contributed by atoms with E-state index in [1.165, 1.54) is 46.1 Å². The lowest BCUT2D eigenvalue weighted by atomic mass is 9.48. The van der Waals surface area contributed by atoms with Crippen molar-refractivity contribution in [1.29, 1.82) is 0 Å². The van der Waals surface area contributed by atoms with Gasteiger partial charge in [0.2, 0.25) is 0 Å². The molecule has 1 saturated carbocycles. The molecule has 3 rings (SSSR count). The molecule has 0 amide bonds. The van der Waals surface area contributed by atoms with Crippen molar-refractivity contribution in [2.45, 2.75) is 54.6 Å². The van der Waals surface area contributed by atoms with Crippen molar-refractivity contribution in [3.8, 4) is 5.75 Å². The topological polar surface area (TPSA) is 21.7 Å². The van der Waals surface area contributed by atoms with Gasteiger partial charge in [0.05, 0.1) is 12.0 Å². The normalized spacial score (nSPS) is 23.2. The molecule has 0 N–H and O–H groups in total. The number of benzene rings is 1. The Kier molecular flexibility index (Phi) is 7.97. The fourth-order valence-corrected chi connectivity index (χ4v) is 5.39. The van der Waals surface area contributed by atoms with E-state index in [9.17, 15) is 8.78 Å². The van der Waals surface area contributed by atoms with Crippen molar-refractivity contribution in [3.63, 3.8) is 0 Å². The Morgan fingerprint density at radius 1 is 1.16 bits per heavy atom. The molecule has 0 heterocycles. The average molecular weight is 439 g/mol. The number of ether oxygens (including phenoxy) is 2. The number of hydrogen-bond acceptors (Lipinski definition) is 3. The molecule has 170 valence electrons. The van der Waals surface area contributed by atoms with Crippen LogP contribution >= 0.6 is 0 Å². The number of methoxy groups -OCH3 is 1. The first-order chi connectivity index (χ1) is 15.0. The Morgan fingerprint density at radius 3 is 2.56 bits per heavy atom. The number of alkyl halides is 2. The third-order valence-corrected chi connectivity index (χ3v) is 7.42. The zero-order chi connectivity index (χ0) is 23.6. The monoisotopic (exact) mass is 439 g/mol. The highest BCUT2D eigenvalue weighted by atomic mass is 19.3. The first-order valence-corrected chi connectivity index (χ1v) is 12.0. The summed E-state index contributed by atoms with van der Waals surface area (Å²) in [5.41, 5.74) is 2.49. The molecule has 2 aliphatic rings. The molecule has 1 aromatic carbocycles. The molecule has 0 bridgehead atoms. The molecule has 0 unspecified atom stereocenters. The van der Waals surface area contributed by atoms with Gasteiger partial charge in [-0.15, -0.1) is 0 Å². The van der Waals surface area contributed by atoms with Crippen LogP contribution < -0.4 is 4.74 Å². The van der Waals surface area contributed by atoms with Crippen molar-refractivity contribution in [2.75, 3.05) is 26.8 Å². The van der Waals surface area contributed by atoms with Gasteiger partial charge in [0.25, 0.3) is 6.43 Å². The molecule has 3 nitrogen and oxygen atoms in total. The predicted octanol–water partition coefficient (Wildman–Crippen LogP) is -0.446. The summed E-state index contributed by atoms with van der Waals surface area (Å²) in [6.07, 6.45) is 7.85. The van der Waals surface area contributed by atoms with E-state index in [1.807, 2.05) is 12.1 Å². The van der Waals surface area contributed by atoms with Gasteiger partial charge in [-0.1, -0.05) is 36.3 Å². The molecule has 0 aliphatic heterocycles. The molecule has 1 aromatic rings. The first kappa shape index (κ1) is 25.5. The first-order valence-electron chi connectivity index (χ1n) is 12.0. The second-order valence-electron chi connectivity index (χ2n) is 11.0. The van der Waals surface area contributed by atoms with Crippen LogP contribution in [0.3, 0.4) is 0 Å².